The number of carbonyl (C=O) groups is 1. The van der Waals surface area contributed by atoms with E-state index in [0.29, 0.717) is 23.2 Å². The molecule has 0 aromatic carbocycles. The van der Waals surface area contributed by atoms with Gasteiger partial charge in [-0.05, 0) is 59.9 Å². The molecule has 2 heterocycles. The Morgan fingerprint density at radius 1 is 1.36 bits per heavy atom. The third-order valence-corrected chi connectivity index (χ3v) is 8.46. The van der Waals surface area contributed by atoms with Gasteiger partial charge in [0.2, 0.25) is 0 Å². The quantitative estimate of drug-likeness (QED) is 0.893. The van der Waals surface area contributed by atoms with Crippen molar-refractivity contribution in [3.63, 3.8) is 0 Å². The van der Waals surface area contributed by atoms with Crippen molar-refractivity contribution in [1.82, 2.24) is 4.31 Å². The van der Waals surface area contributed by atoms with Crippen LogP contribution in [0.1, 0.15) is 43.6 Å². The van der Waals surface area contributed by atoms with E-state index < -0.39 is 16.0 Å². The van der Waals surface area contributed by atoms with E-state index in [1.807, 2.05) is 11.4 Å². The van der Waals surface area contributed by atoms with Crippen molar-refractivity contribution in [2.24, 2.45) is 11.3 Å². The van der Waals surface area contributed by atoms with Gasteiger partial charge >= 0.3 is 5.97 Å². The first-order chi connectivity index (χ1) is 10.4. The Morgan fingerprint density at radius 3 is 2.64 bits per heavy atom. The molecule has 3 fully saturated rings. The molecule has 1 aliphatic heterocycles. The molecule has 0 unspecified atom stereocenters. The molecule has 0 radical (unpaired) electrons. The Bertz CT molecular complexity index is 706. The maximum atomic E-state index is 12.8. The van der Waals surface area contributed by atoms with Crippen molar-refractivity contribution in [2.45, 2.75) is 42.2 Å². The second-order valence-electron chi connectivity index (χ2n) is 7.08. The van der Waals surface area contributed by atoms with Gasteiger partial charge in [0.15, 0.2) is 0 Å². The van der Waals surface area contributed by atoms with Crippen LogP contribution in [0.25, 0.3) is 0 Å². The Labute approximate surface area is 134 Å². The normalized spacial score (nSPS) is 24.9. The van der Waals surface area contributed by atoms with E-state index in [0.717, 1.165) is 31.2 Å². The monoisotopic (exact) mass is 341 g/mol. The van der Waals surface area contributed by atoms with Crippen LogP contribution in [0.4, 0.5) is 0 Å². The van der Waals surface area contributed by atoms with Crippen LogP contribution >= 0.6 is 11.3 Å². The van der Waals surface area contributed by atoms with Gasteiger partial charge in [-0.25, -0.2) is 8.42 Å². The van der Waals surface area contributed by atoms with Crippen LogP contribution in [0, 0.1) is 11.3 Å². The zero-order chi connectivity index (χ0) is 15.5. The van der Waals surface area contributed by atoms with Gasteiger partial charge in [-0.15, -0.1) is 11.3 Å². The lowest BCUT2D eigenvalue weighted by molar-refractivity contribution is -0.142. The van der Waals surface area contributed by atoms with Gasteiger partial charge in [0, 0.05) is 19.5 Å². The highest BCUT2D eigenvalue weighted by Gasteiger charge is 2.56. The molecular weight excluding hydrogens is 322 g/mol. The van der Waals surface area contributed by atoms with Crippen LogP contribution in [0.15, 0.2) is 15.7 Å². The highest BCUT2D eigenvalue weighted by Crippen LogP contribution is 2.55. The second-order valence-corrected chi connectivity index (χ2v) is 10.1. The number of hydrogen-bond acceptors (Lipinski definition) is 4. The average molecular weight is 341 g/mol. The Kier molecular flexibility index (Phi) is 3.19. The number of rotatable bonds is 5. The minimum absolute atomic E-state index is 0.0597. The lowest BCUT2D eigenvalue weighted by Gasteiger charge is -2.58. The summed E-state index contributed by atoms with van der Waals surface area (Å²) in [5.74, 6) is -0.0858. The molecule has 1 N–H and O–H groups in total. The first-order valence-corrected chi connectivity index (χ1v) is 10.0. The zero-order valence-corrected chi connectivity index (χ0v) is 13.8. The van der Waals surface area contributed by atoms with Gasteiger partial charge in [-0.2, -0.15) is 4.31 Å². The summed E-state index contributed by atoms with van der Waals surface area (Å²) in [6.45, 7) is 1.13. The van der Waals surface area contributed by atoms with Crippen molar-refractivity contribution in [3.05, 3.63) is 17.0 Å². The summed E-state index contributed by atoms with van der Waals surface area (Å²) in [5, 5.41) is 10.7. The summed E-state index contributed by atoms with van der Waals surface area (Å²) in [7, 11) is -3.35. The van der Waals surface area contributed by atoms with Gasteiger partial charge in [0.05, 0.1) is 0 Å². The van der Waals surface area contributed by atoms with Gasteiger partial charge in [-0.3, -0.25) is 4.79 Å². The number of aliphatic carboxylic acids is 1. The molecule has 120 valence electrons. The maximum Gasteiger partial charge on any atom is 0.303 e. The van der Waals surface area contributed by atoms with E-state index in [-0.39, 0.29) is 17.8 Å². The predicted molar refractivity (Wildman–Crippen MR) is 82.5 cm³/mol. The number of carboxylic acids is 1. The van der Waals surface area contributed by atoms with E-state index in [1.165, 1.54) is 11.3 Å². The third kappa shape index (κ3) is 2.30. The molecule has 0 atom stereocenters. The van der Waals surface area contributed by atoms with E-state index in [1.54, 1.807) is 4.31 Å². The molecule has 1 aromatic heterocycles. The van der Waals surface area contributed by atoms with Gasteiger partial charge in [0.25, 0.3) is 10.0 Å². The lowest BCUT2D eigenvalue weighted by Crippen LogP contribution is -2.63. The highest BCUT2D eigenvalue weighted by molar-refractivity contribution is 7.91. The van der Waals surface area contributed by atoms with Crippen LogP contribution in [0.2, 0.25) is 0 Å². The number of sulfonamides is 1. The van der Waals surface area contributed by atoms with E-state index in [9.17, 15) is 13.2 Å². The van der Waals surface area contributed by atoms with Crippen LogP contribution in [0.3, 0.4) is 0 Å². The fraction of sp³-hybridized carbons (Fsp3) is 0.667. The van der Waals surface area contributed by atoms with Crippen LogP contribution in [-0.4, -0.2) is 36.9 Å². The molecule has 1 aromatic rings. The Hall–Kier alpha value is -0.920. The zero-order valence-electron chi connectivity index (χ0n) is 12.2. The van der Waals surface area contributed by atoms with Gasteiger partial charge in [-0.1, -0.05) is 0 Å². The minimum Gasteiger partial charge on any atom is -0.481 e. The summed E-state index contributed by atoms with van der Waals surface area (Å²) in [5.41, 5.74) is 1.06. The maximum absolute atomic E-state index is 12.8. The Balaban J connectivity index is 1.42. The van der Waals surface area contributed by atoms with Crippen molar-refractivity contribution in [2.75, 3.05) is 13.1 Å². The van der Waals surface area contributed by atoms with Crippen LogP contribution < -0.4 is 0 Å². The molecule has 2 aliphatic carbocycles. The van der Waals surface area contributed by atoms with Crippen molar-refractivity contribution in [1.29, 1.82) is 0 Å². The topological polar surface area (TPSA) is 74.7 Å². The van der Waals surface area contributed by atoms with Crippen LogP contribution in [-0.2, 0) is 14.8 Å². The number of hydrogen-bond donors (Lipinski definition) is 1. The largest absolute Gasteiger partial charge is 0.481 e. The molecule has 1 spiro atoms. The van der Waals surface area contributed by atoms with Crippen LogP contribution in [0.5, 0.6) is 0 Å². The molecule has 0 amide bonds. The van der Waals surface area contributed by atoms with E-state index >= 15 is 0 Å². The number of carboxylic acid groups (broad SMARTS) is 1. The molecule has 3 aliphatic rings. The lowest BCUT2D eigenvalue weighted by atomic mass is 9.58. The first kappa shape index (κ1) is 14.7. The molecule has 5 nitrogen and oxygen atoms in total. The second kappa shape index (κ2) is 4.79. The molecule has 7 heteroatoms. The molecule has 0 bridgehead atoms. The Morgan fingerprint density at radius 2 is 2.05 bits per heavy atom. The summed E-state index contributed by atoms with van der Waals surface area (Å²) in [4.78, 5) is 10.7. The smallest absolute Gasteiger partial charge is 0.303 e. The third-order valence-electron chi connectivity index (χ3n) is 5.18. The fourth-order valence-electron chi connectivity index (χ4n) is 4.02. The minimum atomic E-state index is -3.35. The number of nitrogens with zero attached hydrogens (tertiary/aromatic N) is 1. The molecule has 2 saturated carbocycles. The average Bonchev–Trinajstić information content (AvgIpc) is 3.06. The molecule has 22 heavy (non-hydrogen) atoms. The standard InChI is InChI=1S/C15H19NO4S2/c17-13(18)5-10-6-15(7-10)8-16(9-15)22(19,20)14-12(3-4-21-14)11-1-2-11/h3-4,10-11H,1-2,5-9H2,(H,17,18). The molecular formula is C15H19NO4S2. The van der Waals surface area contributed by atoms with Crippen molar-refractivity contribution >= 4 is 27.3 Å². The fourth-order valence-corrected chi connectivity index (χ4v) is 7.35. The molecule has 1 saturated heterocycles. The van der Waals surface area contributed by atoms with E-state index in [2.05, 4.69) is 0 Å². The molecule has 4 rings (SSSR count). The van der Waals surface area contributed by atoms with Crippen molar-refractivity contribution in [3.8, 4) is 0 Å². The SMILES string of the molecule is O=C(O)CC1CC2(C1)CN(S(=O)(=O)c1sccc1C1CC1)C2. The summed E-state index contributed by atoms with van der Waals surface area (Å²) < 4.78 is 27.6. The summed E-state index contributed by atoms with van der Waals surface area (Å²) in [6.07, 6.45) is 4.11. The van der Waals surface area contributed by atoms with Gasteiger partial charge in [0.1, 0.15) is 4.21 Å². The summed E-state index contributed by atoms with van der Waals surface area (Å²) >= 11 is 1.33. The first-order valence-electron chi connectivity index (χ1n) is 7.69. The predicted octanol–water partition coefficient (Wildman–Crippen LogP) is 2.50. The van der Waals surface area contributed by atoms with E-state index in [4.69, 9.17) is 5.11 Å². The summed E-state index contributed by atoms with van der Waals surface area (Å²) in [6, 6.07) is 1.96. The highest BCUT2D eigenvalue weighted by atomic mass is 32.2. The van der Waals surface area contributed by atoms with Gasteiger partial charge < -0.3 is 5.11 Å². The van der Waals surface area contributed by atoms with Crippen molar-refractivity contribution < 1.29 is 18.3 Å². The number of thiophene rings is 1.